The lowest BCUT2D eigenvalue weighted by atomic mass is 9.86. The van der Waals surface area contributed by atoms with Gasteiger partial charge in [-0.05, 0) is 89.3 Å². The Bertz CT molecular complexity index is 1060. The molecule has 0 spiro atoms. The molecule has 0 bridgehead atoms. The van der Waals surface area contributed by atoms with Gasteiger partial charge in [0.05, 0.1) is 22.4 Å². The lowest BCUT2D eigenvalue weighted by Gasteiger charge is -2.46. The van der Waals surface area contributed by atoms with Crippen LogP contribution in [0.15, 0.2) is 28.8 Å². The third-order valence-corrected chi connectivity index (χ3v) is 9.44. The Hall–Kier alpha value is -2.23. The van der Waals surface area contributed by atoms with Gasteiger partial charge in [-0.1, -0.05) is 11.8 Å². The largest absolute Gasteiger partial charge is 0.490 e. The monoisotopic (exact) mass is 497 g/mol. The van der Waals surface area contributed by atoms with E-state index in [1.54, 1.807) is 11.8 Å². The highest BCUT2D eigenvalue weighted by Crippen LogP contribution is 2.48. The van der Waals surface area contributed by atoms with E-state index in [0.29, 0.717) is 11.0 Å². The van der Waals surface area contributed by atoms with Crippen molar-refractivity contribution in [3.05, 3.63) is 34.4 Å². The molecule has 0 radical (unpaired) electrons. The van der Waals surface area contributed by atoms with Gasteiger partial charge in [0.1, 0.15) is 5.75 Å². The lowest BCUT2D eigenvalue weighted by molar-refractivity contribution is -0.117. The van der Waals surface area contributed by atoms with Gasteiger partial charge in [0.25, 0.3) is 5.91 Å². The molecule has 35 heavy (non-hydrogen) atoms. The number of likely N-dealkylation sites (N-methyl/N-ethyl adjacent to an activating group) is 1. The first-order valence-electron chi connectivity index (χ1n) is 13.0. The molecule has 6 rings (SSSR count). The topological polar surface area (TPSA) is 85.9 Å². The van der Waals surface area contributed by atoms with E-state index in [1.807, 2.05) is 30.0 Å². The number of likely N-dealkylation sites (tertiary alicyclic amines) is 1. The summed E-state index contributed by atoms with van der Waals surface area (Å²) in [5.41, 5.74) is 2.74. The van der Waals surface area contributed by atoms with Crippen molar-refractivity contribution >= 4 is 29.4 Å². The number of ether oxygens (including phenoxy) is 1. The van der Waals surface area contributed by atoms with Gasteiger partial charge in [0.15, 0.2) is 0 Å². The van der Waals surface area contributed by atoms with Crippen LogP contribution in [0.2, 0.25) is 0 Å². The molecular formula is C26H35N5O3S. The van der Waals surface area contributed by atoms with Crippen molar-refractivity contribution in [3.8, 4) is 5.75 Å². The van der Waals surface area contributed by atoms with E-state index >= 15 is 0 Å². The molecule has 4 aliphatic heterocycles. The van der Waals surface area contributed by atoms with Crippen LogP contribution in [0.25, 0.3) is 0 Å². The molecule has 1 saturated carbocycles. The van der Waals surface area contributed by atoms with E-state index in [9.17, 15) is 9.59 Å². The predicted molar refractivity (Wildman–Crippen MR) is 137 cm³/mol. The van der Waals surface area contributed by atoms with Gasteiger partial charge < -0.3 is 25.6 Å². The average Bonchev–Trinajstić information content (AvgIpc) is 3.17. The van der Waals surface area contributed by atoms with Crippen molar-refractivity contribution in [1.29, 1.82) is 0 Å². The number of thioether (sulfide) groups is 1. The minimum absolute atomic E-state index is 0.0146. The molecule has 3 amide bonds. The molecule has 3 N–H and O–H groups in total. The highest BCUT2D eigenvalue weighted by atomic mass is 32.2. The van der Waals surface area contributed by atoms with Gasteiger partial charge in [-0.25, -0.2) is 4.79 Å². The predicted octanol–water partition coefficient (Wildman–Crippen LogP) is 2.93. The fourth-order valence-electron chi connectivity index (χ4n) is 6.09. The highest BCUT2D eigenvalue weighted by molar-refractivity contribution is 8.04. The minimum atomic E-state index is -0.150. The van der Waals surface area contributed by atoms with Crippen LogP contribution in [-0.2, 0) is 4.79 Å². The maximum Gasteiger partial charge on any atom is 0.326 e. The van der Waals surface area contributed by atoms with Gasteiger partial charge in [-0.3, -0.25) is 9.69 Å². The van der Waals surface area contributed by atoms with Crippen molar-refractivity contribution in [2.75, 3.05) is 31.6 Å². The van der Waals surface area contributed by atoms with Crippen LogP contribution >= 0.6 is 11.8 Å². The molecular weight excluding hydrogens is 462 g/mol. The molecule has 4 heterocycles. The summed E-state index contributed by atoms with van der Waals surface area (Å²) in [6.07, 6.45) is 6.73. The number of carbonyl (C=O) groups excluding carboxylic acids is 2. The third-order valence-electron chi connectivity index (χ3n) is 8.09. The Kier molecular flexibility index (Phi) is 6.18. The summed E-state index contributed by atoms with van der Waals surface area (Å²) in [5, 5.41) is 10.0. The van der Waals surface area contributed by atoms with Crippen LogP contribution in [0.1, 0.15) is 44.1 Å². The van der Waals surface area contributed by atoms with Crippen molar-refractivity contribution in [2.45, 2.75) is 69.0 Å². The average molecular weight is 498 g/mol. The zero-order valence-electron chi connectivity index (χ0n) is 20.5. The summed E-state index contributed by atoms with van der Waals surface area (Å²) in [6, 6.07) is 6.07. The normalized spacial score (nSPS) is 31.0. The summed E-state index contributed by atoms with van der Waals surface area (Å²) < 4.78 is 6.07. The van der Waals surface area contributed by atoms with E-state index in [-0.39, 0.29) is 35.3 Å². The lowest BCUT2D eigenvalue weighted by Crippen LogP contribution is -2.62. The van der Waals surface area contributed by atoms with Gasteiger partial charge in [0.2, 0.25) is 0 Å². The molecule has 5 aliphatic rings. The van der Waals surface area contributed by atoms with Gasteiger partial charge in [0, 0.05) is 29.9 Å². The highest BCUT2D eigenvalue weighted by Gasteiger charge is 2.52. The molecule has 4 fully saturated rings. The van der Waals surface area contributed by atoms with E-state index in [4.69, 9.17) is 4.74 Å². The van der Waals surface area contributed by atoms with Crippen LogP contribution < -0.4 is 25.6 Å². The number of piperidine rings is 2. The number of aryl methyl sites for hydroxylation is 1. The fourth-order valence-corrected chi connectivity index (χ4v) is 7.49. The second-order valence-electron chi connectivity index (χ2n) is 10.6. The Labute approximate surface area is 211 Å². The molecule has 188 valence electrons. The van der Waals surface area contributed by atoms with Gasteiger partial charge in [-0.15, -0.1) is 0 Å². The Balaban J connectivity index is 1.24. The van der Waals surface area contributed by atoms with Crippen LogP contribution in [0.4, 0.5) is 10.5 Å². The van der Waals surface area contributed by atoms with Gasteiger partial charge >= 0.3 is 6.03 Å². The Morgan fingerprint density at radius 3 is 2.80 bits per heavy atom. The number of nitrogens with one attached hydrogen (secondary N) is 3. The maximum atomic E-state index is 13.5. The molecule has 0 aromatic heterocycles. The fraction of sp³-hybridized carbons (Fsp3) is 0.615. The van der Waals surface area contributed by atoms with Crippen LogP contribution in [0.5, 0.6) is 5.75 Å². The second-order valence-corrected chi connectivity index (χ2v) is 11.8. The molecule has 1 aromatic carbocycles. The quantitative estimate of drug-likeness (QED) is 0.580. The standard InChI is InChI=1S/C26H35N5O3S/c1-15-13-18(34-17-6-3-7-17)8-9-19(15)31-20-10-11-27-25-21(20)22(29-26(31)33)23(35-25)24(32)28-16-5-4-12-30(2)14-16/h8-9,13,16-17,20-21,25,27H,3-7,10-12,14H2,1-2H3,(H,28,32)(H,29,33)/t16-,20?,21?,25?/m1/s1. The molecule has 1 aromatic rings. The van der Waals surface area contributed by atoms with Crippen molar-refractivity contribution in [3.63, 3.8) is 0 Å². The first-order chi connectivity index (χ1) is 17.0. The Morgan fingerprint density at radius 2 is 2.06 bits per heavy atom. The van der Waals surface area contributed by atoms with Crippen LogP contribution in [-0.4, -0.2) is 67.1 Å². The maximum absolute atomic E-state index is 13.5. The molecule has 1 aliphatic carbocycles. The number of hydrogen-bond donors (Lipinski definition) is 3. The van der Waals surface area contributed by atoms with E-state index in [0.717, 1.165) is 74.4 Å². The number of anilines is 1. The van der Waals surface area contributed by atoms with Crippen LogP contribution in [0.3, 0.4) is 0 Å². The molecule has 3 unspecified atom stereocenters. The number of benzene rings is 1. The number of carbonyl (C=O) groups is 2. The number of urea groups is 1. The molecule has 4 atom stereocenters. The first-order valence-corrected chi connectivity index (χ1v) is 13.9. The van der Waals surface area contributed by atoms with E-state index in [1.165, 1.54) is 6.42 Å². The minimum Gasteiger partial charge on any atom is -0.490 e. The summed E-state index contributed by atoms with van der Waals surface area (Å²) in [6.45, 7) is 4.81. The summed E-state index contributed by atoms with van der Waals surface area (Å²) in [7, 11) is 2.09. The summed E-state index contributed by atoms with van der Waals surface area (Å²) in [4.78, 5) is 31.7. The summed E-state index contributed by atoms with van der Waals surface area (Å²) >= 11 is 1.57. The zero-order valence-corrected chi connectivity index (χ0v) is 21.3. The molecule has 9 heteroatoms. The van der Waals surface area contributed by atoms with E-state index in [2.05, 4.69) is 27.9 Å². The zero-order chi connectivity index (χ0) is 24.1. The number of hydrogen-bond acceptors (Lipinski definition) is 6. The number of nitrogens with zero attached hydrogens (tertiary/aromatic N) is 2. The molecule has 8 nitrogen and oxygen atoms in total. The summed E-state index contributed by atoms with van der Waals surface area (Å²) in [5.74, 6) is 0.884. The third kappa shape index (κ3) is 4.32. The van der Waals surface area contributed by atoms with Crippen molar-refractivity contribution < 1.29 is 14.3 Å². The van der Waals surface area contributed by atoms with Crippen LogP contribution in [0, 0.1) is 12.8 Å². The number of amides is 3. The van der Waals surface area contributed by atoms with Crippen molar-refractivity contribution in [1.82, 2.24) is 20.9 Å². The Morgan fingerprint density at radius 1 is 1.20 bits per heavy atom. The van der Waals surface area contributed by atoms with Crippen molar-refractivity contribution in [2.24, 2.45) is 5.92 Å². The first kappa shape index (κ1) is 23.2. The smallest absolute Gasteiger partial charge is 0.326 e. The SMILES string of the molecule is Cc1cc(OC2CCC2)ccc1N1C(=O)NC2=C(C(=O)N[C@@H]3CCCN(C)C3)SC3NCCC1C23. The van der Waals surface area contributed by atoms with E-state index < -0.39 is 0 Å². The second kappa shape index (κ2) is 9.33. The molecule has 3 saturated heterocycles. The van der Waals surface area contributed by atoms with Gasteiger partial charge in [-0.2, -0.15) is 0 Å². The number of rotatable bonds is 5.